The Kier molecular flexibility index (Phi) is 6.82. The van der Waals surface area contributed by atoms with E-state index >= 15 is 0 Å². The topological polar surface area (TPSA) is 47.6 Å². The fourth-order valence-electron chi connectivity index (χ4n) is 2.04. The van der Waals surface area contributed by atoms with Gasteiger partial charge in [-0.3, -0.25) is 0 Å². The summed E-state index contributed by atoms with van der Waals surface area (Å²) in [4.78, 5) is 11.5. The minimum Gasteiger partial charge on any atom is -0.447 e. The van der Waals surface area contributed by atoms with Crippen molar-refractivity contribution >= 4 is 6.09 Å². The molecule has 0 atom stereocenters. The quantitative estimate of drug-likeness (QED) is 0.761. The van der Waals surface area contributed by atoms with E-state index < -0.39 is 17.8 Å². The van der Waals surface area contributed by atoms with Crippen LogP contribution in [0.15, 0.2) is 54.6 Å². The monoisotopic (exact) mass is 353 g/mol. The third-order valence-electron chi connectivity index (χ3n) is 3.26. The predicted octanol–water partition coefficient (Wildman–Crippen LogP) is 4.15. The number of carbonyl (C=O) groups excluding carboxylic acids is 1. The van der Waals surface area contributed by atoms with Crippen molar-refractivity contribution in [2.75, 3.05) is 13.2 Å². The van der Waals surface area contributed by atoms with Crippen LogP contribution in [0.3, 0.4) is 0 Å². The lowest BCUT2D eigenvalue weighted by Crippen LogP contribution is -2.25. The lowest BCUT2D eigenvalue weighted by molar-refractivity contribution is -0.137. The van der Waals surface area contributed by atoms with Crippen LogP contribution in [0.4, 0.5) is 18.0 Å². The Balaban J connectivity index is 1.62. The van der Waals surface area contributed by atoms with Crippen LogP contribution in [-0.4, -0.2) is 19.3 Å². The maximum absolute atomic E-state index is 12.6. The van der Waals surface area contributed by atoms with E-state index in [1.165, 1.54) is 6.07 Å². The van der Waals surface area contributed by atoms with Crippen molar-refractivity contribution in [2.24, 2.45) is 0 Å². The van der Waals surface area contributed by atoms with Gasteiger partial charge in [0.2, 0.25) is 0 Å². The smallest absolute Gasteiger partial charge is 0.416 e. The number of hydrogen-bond acceptors (Lipinski definition) is 3. The van der Waals surface area contributed by atoms with E-state index in [1.807, 2.05) is 30.3 Å². The molecule has 2 rings (SSSR count). The number of alkyl carbamates (subject to hydrolysis) is 1. The van der Waals surface area contributed by atoms with E-state index in [2.05, 4.69) is 5.32 Å². The summed E-state index contributed by atoms with van der Waals surface area (Å²) >= 11 is 0. The van der Waals surface area contributed by atoms with Gasteiger partial charge in [-0.25, -0.2) is 4.79 Å². The van der Waals surface area contributed by atoms with Gasteiger partial charge in [0.1, 0.15) is 6.61 Å². The molecular formula is C18H18F3NO3. The summed E-state index contributed by atoms with van der Waals surface area (Å²) in [6.45, 7) is 0.471. The van der Waals surface area contributed by atoms with Gasteiger partial charge in [0.15, 0.2) is 0 Å². The molecule has 0 aromatic heterocycles. The molecule has 4 nitrogen and oxygen atoms in total. The molecule has 25 heavy (non-hydrogen) atoms. The first-order valence-electron chi connectivity index (χ1n) is 7.63. The van der Waals surface area contributed by atoms with Gasteiger partial charge >= 0.3 is 12.3 Å². The van der Waals surface area contributed by atoms with E-state index in [-0.39, 0.29) is 19.8 Å². The average molecular weight is 353 g/mol. The number of benzene rings is 2. The Hall–Kier alpha value is -2.54. The van der Waals surface area contributed by atoms with E-state index in [0.717, 1.165) is 17.7 Å². The number of halogens is 3. The molecule has 0 aliphatic rings. The Morgan fingerprint density at radius 1 is 0.960 bits per heavy atom. The van der Waals surface area contributed by atoms with Crippen LogP contribution in [0.1, 0.15) is 16.7 Å². The van der Waals surface area contributed by atoms with E-state index in [9.17, 15) is 18.0 Å². The molecule has 0 aliphatic heterocycles. The van der Waals surface area contributed by atoms with Gasteiger partial charge < -0.3 is 14.8 Å². The van der Waals surface area contributed by atoms with Gasteiger partial charge in [-0.05, 0) is 23.3 Å². The minimum absolute atomic E-state index is 0.0128. The maximum Gasteiger partial charge on any atom is 0.416 e. The molecule has 7 heteroatoms. The largest absolute Gasteiger partial charge is 0.447 e. The molecule has 2 aromatic carbocycles. The molecule has 0 radical (unpaired) electrons. The number of alkyl halides is 3. The molecule has 0 heterocycles. The standard InChI is InChI=1S/C18H18F3NO3/c19-18(20,21)16-8-4-7-15(11-16)13-24-9-10-25-17(23)22-12-14-5-2-1-3-6-14/h1-8,11H,9-10,12-13H2,(H,22,23). The predicted molar refractivity (Wildman–Crippen MR) is 85.7 cm³/mol. The molecule has 0 bridgehead atoms. The highest BCUT2D eigenvalue weighted by atomic mass is 19.4. The molecule has 1 N–H and O–H groups in total. The number of amides is 1. The first kappa shape index (κ1) is 18.8. The summed E-state index contributed by atoms with van der Waals surface area (Å²) in [5.41, 5.74) is 0.633. The Labute approximate surface area is 143 Å². The van der Waals surface area contributed by atoms with Crippen molar-refractivity contribution in [1.82, 2.24) is 5.32 Å². The van der Waals surface area contributed by atoms with E-state index in [1.54, 1.807) is 6.07 Å². The second kappa shape index (κ2) is 9.08. The average Bonchev–Trinajstić information content (AvgIpc) is 2.60. The lowest BCUT2D eigenvalue weighted by atomic mass is 10.1. The minimum atomic E-state index is -4.38. The second-order valence-electron chi connectivity index (χ2n) is 5.23. The molecule has 1 amide bonds. The zero-order chi connectivity index (χ0) is 18.1. The Bertz CT molecular complexity index is 675. The van der Waals surface area contributed by atoms with Gasteiger partial charge in [0, 0.05) is 6.54 Å². The van der Waals surface area contributed by atoms with Gasteiger partial charge in [-0.1, -0.05) is 42.5 Å². The van der Waals surface area contributed by atoms with Crippen LogP contribution < -0.4 is 5.32 Å². The van der Waals surface area contributed by atoms with Crippen LogP contribution in [0.5, 0.6) is 0 Å². The molecule has 134 valence electrons. The van der Waals surface area contributed by atoms with Gasteiger partial charge in [0.25, 0.3) is 0 Å². The summed E-state index contributed by atoms with van der Waals surface area (Å²) in [7, 11) is 0. The van der Waals surface area contributed by atoms with Crippen LogP contribution in [0, 0.1) is 0 Å². The van der Waals surface area contributed by atoms with Crippen molar-refractivity contribution in [3.63, 3.8) is 0 Å². The van der Waals surface area contributed by atoms with Crippen molar-refractivity contribution < 1.29 is 27.4 Å². The number of rotatable bonds is 7. The summed E-state index contributed by atoms with van der Waals surface area (Å²) in [6, 6.07) is 14.3. The Morgan fingerprint density at radius 3 is 2.40 bits per heavy atom. The highest BCUT2D eigenvalue weighted by molar-refractivity contribution is 5.67. The van der Waals surface area contributed by atoms with Gasteiger partial charge in [-0.15, -0.1) is 0 Å². The third-order valence-corrected chi connectivity index (χ3v) is 3.26. The summed E-state index contributed by atoms with van der Waals surface area (Å²) in [6.07, 6.45) is -4.96. The number of carbonyl (C=O) groups is 1. The molecule has 0 saturated heterocycles. The molecule has 0 unspecified atom stereocenters. The van der Waals surface area contributed by atoms with E-state index in [0.29, 0.717) is 12.1 Å². The van der Waals surface area contributed by atoms with E-state index in [4.69, 9.17) is 9.47 Å². The molecule has 0 aliphatic carbocycles. The van der Waals surface area contributed by atoms with Crippen molar-refractivity contribution in [2.45, 2.75) is 19.3 Å². The zero-order valence-electron chi connectivity index (χ0n) is 13.4. The van der Waals surface area contributed by atoms with Crippen LogP contribution in [-0.2, 0) is 28.8 Å². The Morgan fingerprint density at radius 2 is 1.68 bits per heavy atom. The summed E-state index contributed by atoms with van der Waals surface area (Å²) in [5, 5.41) is 2.59. The normalized spacial score (nSPS) is 11.2. The fourth-order valence-corrected chi connectivity index (χ4v) is 2.04. The first-order chi connectivity index (χ1) is 11.9. The fraction of sp³-hybridized carbons (Fsp3) is 0.278. The zero-order valence-corrected chi connectivity index (χ0v) is 13.4. The summed E-state index contributed by atoms with van der Waals surface area (Å²) in [5.74, 6) is 0. The lowest BCUT2D eigenvalue weighted by Gasteiger charge is -2.10. The maximum atomic E-state index is 12.6. The van der Waals surface area contributed by atoms with Crippen molar-refractivity contribution in [1.29, 1.82) is 0 Å². The van der Waals surface area contributed by atoms with Crippen molar-refractivity contribution in [3.05, 3.63) is 71.3 Å². The van der Waals surface area contributed by atoms with Crippen LogP contribution in [0.2, 0.25) is 0 Å². The highest BCUT2D eigenvalue weighted by Gasteiger charge is 2.30. The van der Waals surface area contributed by atoms with Crippen LogP contribution >= 0.6 is 0 Å². The number of ether oxygens (including phenoxy) is 2. The van der Waals surface area contributed by atoms with Gasteiger partial charge in [0.05, 0.1) is 18.8 Å². The molecular weight excluding hydrogens is 335 g/mol. The number of hydrogen-bond donors (Lipinski definition) is 1. The third kappa shape index (κ3) is 6.84. The molecule has 0 spiro atoms. The summed E-state index contributed by atoms with van der Waals surface area (Å²) < 4.78 is 47.9. The highest BCUT2D eigenvalue weighted by Crippen LogP contribution is 2.29. The number of nitrogens with one attached hydrogen (secondary N) is 1. The second-order valence-corrected chi connectivity index (χ2v) is 5.23. The van der Waals surface area contributed by atoms with Crippen LogP contribution in [0.25, 0.3) is 0 Å². The van der Waals surface area contributed by atoms with Gasteiger partial charge in [-0.2, -0.15) is 13.2 Å². The molecule has 0 fully saturated rings. The SMILES string of the molecule is O=C(NCc1ccccc1)OCCOCc1cccc(C(F)(F)F)c1. The van der Waals surface area contributed by atoms with Crippen molar-refractivity contribution in [3.8, 4) is 0 Å². The molecule has 2 aromatic rings. The molecule has 0 saturated carbocycles. The first-order valence-corrected chi connectivity index (χ1v) is 7.63.